The van der Waals surface area contributed by atoms with Crippen molar-refractivity contribution in [2.24, 2.45) is 0 Å². The van der Waals surface area contributed by atoms with Crippen LogP contribution in [0.2, 0.25) is 0 Å². The summed E-state index contributed by atoms with van der Waals surface area (Å²) < 4.78 is 2.34. The Kier molecular flexibility index (Phi) is 4.11. The lowest BCUT2D eigenvalue weighted by Crippen LogP contribution is -2.36. The molecule has 0 amide bonds. The first-order valence-corrected chi connectivity index (χ1v) is 7.43. The van der Waals surface area contributed by atoms with Gasteiger partial charge in [-0.2, -0.15) is 4.57 Å². The maximum atomic E-state index is 2.34. The van der Waals surface area contributed by atoms with Crippen LogP contribution >= 0.6 is 0 Å². The summed E-state index contributed by atoms with van der Waals surface area (Å²) in [5, 5.41) is 0. The Labute approximate surface area is 126 Å². The molecule has 0 atom stereocenters. The van der Waals surface area contributed by atoms with Crippen LogP contribution in [0.25, 0.3) is 11.3 Å². The third-order valence-electron chi connectivity index (χ3n) is 3.85. The number of benzene rings is 2. The Balaban J connectivity index is 1.88. The van der Waals surface area contributed by atoms with Gasteiger partial charge in [0.15, 0.2) is 12.7 Å². The third-order valence-corrected chi connectivity index (χ3v) is 3.85. The molecular weight excluding hydrogens is 254 g/mol. The lowest BCUT2D eigenvalue weighted by Gasteiger charge is -2.06. The van der Waals surface area contributed by atoms with Gasteiger partial charge in [-0.3, -0.25) is 0 Å². The largest absolute Gasteiger partial charge is 0.212 e. The fourth-order valence-electron chi connectivity index (χ4n) is 2.67. The zero-order valence-corrected chi connectivity index (χ0v) is 12.4. The van der Waals surface area contributed by atoms with Crippen LogP contribution in [0.3, 0.4) is 0 Å². The van der Waals surface area contributed by atoms with Gasteiger partial charge in [0, 0.05) is 24.1 Å². The van der Waals surface area contributed by atoms with Crippen molar-refractivity contribution in [3.8, 4) is 11.3 Å². The lowest BCUT2D eigenvalue weighted by molar-refractivity contribution is -0.685. The summed E-state index contributed by atoms with van der Waals surface area (Å²) in [6.45, 7) is 3.17. The molecule has 21 heavy (non-hydrogen) atoms. The molecule has 1 nitrogen and oxygen atoms in total. The van der Waals surface area contributed by atoms with E-state index in [2.05, 4.69) is 90.5 Å². The molecule has 0 aliphatic rings. The average molecular weight is 274 g/mol. The van der Waals surface area contributed by atoms with Gasteiger partial charge < -0.3 is 0 Å². The zero-order chi connectivity index (χ0) is 14.5. The van der Waals surface area contributed by atoms with Gasteiger partial charge in [0.1, 0.15) is 0 Å². The molecule has 0 spiro atoms. The van der Waals surface area contributed by atoms with Crippen molar-refractivity contribution in [1.29, 1.82) is 0 Å². The van der Waals surface area contributed by atoms with E-state index in [9.17, 15) is 0 Å². The number of aryl methyl sites for hydroxylation is 3. The van der Waals surface area contributed by atoms with Gasteiger partial charge in [0.05, 0.1) is 0 Å². The number of hydrogen-bond acceptors (Lipinski definition) is 0. The van der Waals surface area contributed by atoms with Gasteiger partial charge in [0.25, 0.3) is 0 Å². The molecule has 0 aliphatic carbocycles. The van der Waals surface area contributed by atoms with Crippen molar-refractivity contribution in [1.82, 2.24) is 0 Å². The molecule has 104 valence electrons. The molecular formula is C20H20N+. The van der Waals surface area contributed by atoms with Gasteiger partial charge in [-0.1, -0.05) is 48.5 Å². The van der Waals surface area contributed by atoms with E-state index in [1.54, 1.807) is 0 Å². The van der Waals surface area contributed by atoms with Gasteiger partial charge in [-0.15, -0.1) is 0 Å². The highest BCUT2D eigenvalue weighted by atomic mass is 14.9. The minimum Gasteiger partial charge on any atom is -0.198 e. The second-order valence-corrected chi connectivity index (χ2v) is 5.33. The molecule has 0 fully saturated rings. The molecule has 1 aromatic heterocycles. The van der Waals surface area contributed by atoms with Crippen molar-refractivity contribution in [3.63, 3.8) is 0 Å². The fourth-order valence-corrected chi connectivity index (χ4v) is 2.67. The molecule has 3 aromatic rings. The van der Waals surface area contributed by atoms with Crippen molar-refractivity contribution < 1.29 is 4.57 Å². The Hall–Kier alpha value is -2.41. The van der Waals surface area contributed by atoms with Gasteiger partial charge in [-0.25, -0.2) is 0 Å². The third kappa shape index (κ3) is 3.19. The number of hydrogen-bond donors (Lipinski definition) is 0. The maximum Gasteiger partial charge on any atom is 0.212 e. The van der Waals surface area contributed by atoms with Crippen LogP contribution in [-0.4, -0.2) is 0 Å². The van der Waals surface area contributed by atoms with Crippen LogP contribution in [0.4, 0.5) is 0 Å². The maximum absolute atomic E-state index is 2.34. The lowest BCUT2D eigenvalue weighted by atomic mass is 10.0. The Morgan fingerprint density at radius 2 is 1.48 bits per heavy atom. The summed E-state index contributed by atoms with van der Waals surface area (Å²) in [7, 11) is 0. The van der Waals surface area contributed by atoms with E-state index < -0.39 is 0 Å². The second-order valence-electron chi connectivity index (χ2n) is 5.33. The highest BCUT2D eigenvalue weighted by molar-refractivity contribution is 5.60. The number of pyridine rings is 1. The van der Waals surface area contributed by atoms with Crippen molar-refractivity contribution in [3.05, 3.63) is 90.1 Å². The Bertz CT molecular complexity index is 717. The predicted octanol–water partition coefficient (Wildman–Crippen LogP) is 4.19. The van der Waals surface area contributed by atoms with Crippen LogP contribution in [-0.2, 0) is 13.0 Å². The predicted molar refractivity (Wildman–Crippen MR) is 87.0 cm³/mol. The molecule has 0 radical (unpaired) electrons. The molecule has 0 saturated heterocycles. The highest BCUT2D eigenvalue weighted by Crippen LogP contribution is 2.19. The summed E-state index contributed by atoms with van der Waals surface area (Å²) >= 11 is 0. The number of rotatable bonds is 4. The fraction of sp³-hybridized carbons (Fsp3) is 0.150. The topological polar surface area (TPSA) is 3.88 Å². The van der Waals surface area contributed by atoms with E-state index >= 15 is 0 Å². The molecule has 0 bridgehead atoms. The summed E-state index contributed by atoms with van der Waals surface area (Å²) in [4.78, 5) is 0. The van der Waals surface area contributed by atoms with Crippen molar-refractivity contribution in [2.45, 2.75) is 19.9 Å². The normalized spacial score (nSPS) is 10.5. The van der Waals surface area contributed by atoms with Crippen LogP contribution < -0.4 is 4.57 Å². The van der Waals surface area contributed by atoms with Crippen LogP contribution in [0.15, 0.2) is 79.0 Å². The van der Waals surface area contributed by atoms with Gasteiger partial charge >= 0.3 is 0 Å². The first kappa shape index (κ1) is 13.6. The molecule has 0 saturated carbocycles. The molecule has 3 rings (SSSR count). The first-order chi connectivity index (χ1) is 10.3. The Morgan fingerprint density at radius 1 is 0.762 bits per heavy atom. The summed E-state index contributed by atoms with van der Waals surface area (Å²) in [6.07, 6.45) is 3.22. The molecule has 2 aromatic carbocycles. The SMILES string of the molecule is Cc1ccccc1-c1cccc[n+]1CCc1ccccc1. The first-order valence-electron chi connectivity index (χ1n) is 7.43. The van der Waals surface area contributed by atoms with Gasteiger partial charge in [0.2, 0.25) is 5.69 Å². The molecule has 0 aliphatic heterocycles. The quantitative estimate of drug-likeness (QED) is 0.628. The van der Waals surface area contributed by atoms with Gasteiger partial charge in [-0.05, 0) is 30.2 Å². The minimum absolute atomic E-state index is 0.995. The minimum atomic E-state index is 0.995. The summed E-state index contributed by atoms with van der Waals surface area (Å²) in [5.41, 5.74) is 5.29. The smallest absolute Gasteiger partial charge is 0.198 e. The van der Waals surface area contributed by atoms with Crippen LogP contribution in [0.5, 0.6) is 0 Å². The monoisotopic (exact) mass is 274 g/mol. The molecule has 0 N–H and O–H groups in total. The van der Waals surface area contributed by atoms with E-state index in [1.807, 2.05) is 0 Å². The van der Waals surface area contributed by atoms with Crippen molar-refractivity contribution >= 4 is 0 Å². The van der Waals surface area contributed by atoms with E-state index in [1.165, 1.54) is 22.4 Å². The number of aromatic nitrogens is 1. The highest BCUT2D eigenvalue weighted by Gasteiger charge is 2.13. The molecule has 0 unspecified atom stereocenters. The molecule has 1 heterocycles. The second kappa shape index (κ2) is 6.36. The van der Waals surface area contributed by atoms with Crippen molar-refractivity contribution in [2.75, 3.05) is 0 Å². The summed E-state index contributed by atoms with van der Waals surface area (Å²) in [5.74, 6) is 0. The van der Waals surface area contributed by atoms with E-state index in [4.69, 9.17) is 0 Å². The zero-order valence-electron chi connectivity index (χ0n) is 12.4. The number of nitrogens with zero attached hydrogens (tertiary/aromatic N) is 1. The average Bonchev–Trinajstić information content (AvgIpc) is 2.55. The molecule has 1 heteroatoms. The standard InChI is InChI=1S/C20H20N/c1-17-9-5-6-12-19(17)20-13-7-8-15-21(20)16-14-18-10-3-2-4-11-18/h2-13,15H,14,16H2,1H3/q+1. The van der Waals surface area contributed by atoms with E-state index in [-0.39, 0.29) is 0 Å². The van der Waals surface area contributed by atoms with Crippen LogP contribution in [0, 0.1) is 6.92 Å². The summed E-state index contributed by atoms with van der Waals surface area (Å²) in [6, 6.07) is 25.6. The van der Waals surface area contributed by atoms with E-state index in [0.29, 0.717) is 0 Å². The van der Waals surface area contributed by atoms with Crippen LogP contribution in [0.1, 0.15) is 11.1 Å². The Morgan fingerprint density at radius 3 is 2.29 bits per heavy atom. The van der Waals surface area contributed by atoms with E-state index in [0.717, 1.165) is 13.0 Å².